The second-order valence-corrected chi connectivity index (χ2v) is 17.8. The van der Waals surface area contributed by atoms with Crippen molar-refractivity contribution in [2.75, 3.05) is 0 Å². The molecule has 0 radical (unpaired) electrons. The molecule has 0 unspecified atom stereocenters. The minimum absolute atomic E-state index is 0.127. The van der Waals surface area contributed by atoms with Crippen molar-refractivity contribution < 1.29 is 28.6 Å². The first-order chi connectivity index (χ1) is 20.3. The van der Waals surface area contributed by atoms with E-state index in [0.717, 1.165) is 0 Å². The maximum absolute atomic E-state index is 13.6. The first kappa shape index (κ1) is 35.4. The summed E-state index contributed by atoms with van der Waals surface area (Å²) in [5, 5.41) is 10.8. The van der Waals surface area contributed by atoms with Gasteiger partial charge in [0.05, 0.1) is 16.7 Å². The van der Waals surface area contributed by atoms with E-state index in [-0.39, 0.29) is 68.2 Å². The Hall–Kier alpha value is -2.49. The number of carbonyl (C=O) groups is 3. The molecule has 252 valence electrons. The summed E-state index contributed by atoms with van der Waals surface area (Å²) < 4.78 is 18.1. The average molecular weight is 628 g/mol. The Kier molecular flexibility index (Phi) is 9.39. The van der Waals surface area contributed by atoms with Crippen LogP contribution >= 0.6 is 0 Å². The third-order valence-electron chi connectivity index (χ3n) is 8.92. The minimum atomic E-state index is -0.578. The van der Waals surface area contributed by atoms with Crippen molar-refractivity contribution in [2.45, 2.75) is 173 Å². The standard InChI is InChI=1S/C36H57N3O6/c1-31(2)16-25(17-32(3,4)37-31)43-28(40)22-13-23(29(41)44-26-18-33(5,6)38-34(7,8)19-26)15-24(14-22)30(42)45-27-20-35(9,10)39-36(11,12)21-27/h13-15,25-27,37-39H,16-21H2,1-12H3. The molecule has 0 spiro atoms. The molecule has 3 saturated heterocycles. The fourth-order valence-electron chi connectivity index (χ4n) is 8.58. The molecule has 9 heteroatoms. The Morgan fingerprint density at radius 1 is 0.444 bits per heavy atom. The van der Waals surface area contributed by atoms with Crippen LogP contribution in [-0.4, -0.2) is 69.5 Å². The van der Waals surface area contributed by atoms with E-state index in [1.807, 2.05) is 0 Å². The minimum Gasteiger partial charge on any atom is -0.459 e. The molecule has 3 fully saturated rings. The van der Waals surface area contributed by atoms with Crippen LogP contribution in [0.5, 0.6) is 0 Å². The van der Waals surface area contributed by atoms with Crippen LogP contribution in [0.25, 0.3) is 0 Å². The van der Waals surface area contributed by atoms with Crippen LogP contribution in [0.3, 0.4) is 0 Å². The summed E-state index contributed by atoms with van der Waals surface area (Å²) in [6, 6.07) is 4.44. The highest BCUT2D eigenvalue weighted by atomic mass is 16.6. The van der Waals surface area contributed by atoms with Crippen LogP contribution in [0, 0.1) is 0 Å². The summed E-state index contributed by atoms with van der Waals surface area (Å²) in [7, 11) is 0. The Bertz CT molecular complexity index is 1090. The fourth-order valence-corrected chi connectivity index (χ4v) is 8.58. The predicted molar refractivity (Wildman–Crippen MR) is 176 cm³/mol. The van der Waals surface area contributed by atoms with E-state index in [2.05, 4.69) is 99.0 Å². The van der Waals surface area contributed by atoms with Gasteiger partial charge in [-0.15, -0.1) is 0 Å². The molecule has 1 aromatic carbocycles. The van der Waals surface area contributed by atoms with Gasteiger partial charge in [0.25, 0.3) is 0 Å². The number of benzene rings is 1. The maximum atomic E-state index is 13.6. The maximum Gasteiger partial charge on any atom is 0.338 e. The molecular formula is C36H57N3O6. The van der Waals surface area contributed by atoms with Gasteiger partial charge >= 0.3 is 17.9 Å². The number of nitrogens with one attached hydrogen (secondary N) is 3. The van der Waals surface area contributed by atoms with Gasteiger partial charge in [0.15, 0.2) is 0 Å². The summed E-state index contributed by atoms with van der Waals surface area (Å²) in [6.45, 7) is 25.1. The third-order valence-corrected chi connectivity index (χ3v) is 8.92. The fraction of sp³-hybridized carbons (Fsp3) is 0.750. The zero-order valence-corrected chi connectivity index (χ0v) is 29.7. The van der Waals surface area contributed by atoms with Crippen molar-refractivity contribution >= 4 is 17.9 Å². The van der Waals surface area contributed by atoms with Crippen molar-refractivity contribution in [1.82, 2.24) is 16.0 Å². The van der Waals surface area contributed by atoms with Crippen LogP contribution in [0.2, 0.25) is 0 Å². The van der Waals surface area contributed by atoms with E-state index >= 15 is 0 Å². The quantitative estimate of drug-likeness (QED) is 0.255. The molecule has 0 aliphatic carbocycles. The highest BCUT2D eigenvalue weighted by Gasteiger charge is 2.42. The lowest BCUT2D eigenvalue weighted by molar-refractivity contribution is -0.00684. The molecule has 0 atom stereocenters. The van der Waals surface area contributed by atoms with Gasteiger partial charge in [0.2, 0.25) is 0 Å². The average Bonchev–Trinajstić information content (AvgIpc) is 2.77. The van der Waals surface area contributed by atoms with Gasteiger partial charge in [-0.3, -0.25) is 0 Å². The first-order valence-electron chi connectivity index (χ1n) is 16.5. The summed E-state index contributed by atoms with van der Waals surface area (Å²) in [5.74, 6) is -1.73. The number of ether oxygens (including phenoxy) is 3. The van der Waals surface area contributed by atoms with E-state index in [1.165, 1.54) is 18.2 Å². The molecule has 0 aromatic heterocycles. The molecule has 3 aliphatic rings. The second-order valence-electron chi connectivity index (χ2n) is 17.8. The lowest BCUT2D eigenvalue weighted by atomic mass is 9.81. The van der Waals surface area contributed by atoms with Crippen LogP contribution < -0.4 is 16.0 Å². The van der Waals surface area contributed by atoms with Gasteiger partial charge < -0.3 is 30.2 Å². The monoisotopic (exact) mass is 627 g/mol. The topological polar surface area (TPSA) is 115 Å². The van der Waals surface area contributed by atoms with E-state index in [0.29, 0.717) is 38.5 Å². The summed E-state index contributed by atoms with van der Waals surface area (Å²) in [5.41, 5.74) is -0.951. The van der Waals surface area contributed by atoms with Crippen molar-refractivity contribution in [2.24, 2.45) is 0 Å². The van der Waals surface area contributed by atoms with Gasteiger partial charge in [0, 0.05) is 71.8 Å². The number of hydrogen-bond acceptors (Lipinski definition) is 9. The smallest absolute Gasteiger partial charge is 0.338 e. The SMILES string of the molecule is CC1(C)CC(OC(=O)c2cc(C(=O)OC3CC(C)(C)NC(C)(C)C3)cc(C(=O)OC3CC(C)(C)NC(C)(C)C3)c2)CC(C)(C)N1. The largest absolute Gasteiger partial charge is 0.459 e. The first-order valence-corrected chi connectivity index (χ1v) is 16.5. The van der Waals surface area contributed by atoms with Crippen molar-refractivity contribution in [3.63, 3.8) is 0 Å². The van der Waals surface area contributed by atoms with Crippen molar-refractivity contribution in [3.8, 4) is 0 Å². The van der Waals surface area contributed by atoms with Gasteiger partial charge in [-0.2, -0.15) is 0 Å². The van der Waals surface area contributed by atoms with E-state index in [9.17, 15) is 14.4 Å². The van der Waals surface area contributed by atoms with E-state index < -0.39 is 17.9 Å². The predicted octanol–water partition coefficient (Wildman–Crippen LogP) is 6.08. The molecule has 4 rings (SSSR count). The molecule has 9 nitrogen and oxygen atoms in total. The molecule has 1 aromatic rings. The third kappa shape index (κ3) is 9.75. The number of piperidine rings is 3. The van der Waals surface area contributed by atoms with E-state index in [4.69, 9.17) is 14.2 Å². The zero-order chi connectivity index (χ0) is 33.8. The highest BCUT2D eigenvalue weighted by molar-refractivity contribution is 6.00. The number of esters is 3. The van der Waals surface area contributed by atoms with Gasteiger partial charge in [-0.05, 0) is 101 Å². The highest BCUT2D eigenvalue weighted by Crippen LogP contribution is 2.34. The Balaban J connectivity index is 1.61. The van der Waals surface area contributed by atoms with Crippen LogP contribution in [0.15, 0.2) is 18.2 Å². The lowest BCUT2D eigenvalue weighted by Crippen LogP contribution is -2.59. The Labute approximate surface area is 270 Å². The molecule has 3 aliphatic heterocycles. The van der Waals surface area contributed by atoms with Crippen LogP contribution in [-0.2, 0) is 14.2 Å². The normalized spacial score (nSPS) is 25.6. The van der Waals surface area contributed by atoms with Crippen LogP contribution in [0.4, 0.5) is 0 Å². The summed E-state index contributed by atoms with van der Waals surface area (Å²) >= 11 is 0. The molecule has 45 heavy (non-hydrogen) atoms. The van der Waals surface area contributed by atoms with Gasteiger partial charge in [0.1, 0.15) is 18.3 Å². The molecule has 3 N–H and O–H groups in total. The second kappa shape index (κ2) is 11.9. The van der Waals surface area contributed by atoms with Crippen molar-refractivity contribution in [1.29, 1.82) is 0 Å². The zero-order valence-electron chi connectivity index (χ0n) is 29.7. The molecule has 0 saturated carbocycles. The van der Waals surface area contributed by atoms with Gasteiger partial charge in [-0.1, -0.05) is 0 Å². The number of carbonyl (C=O) groups excluding carboxylic acids is 3. The van der Waals surface area contributed by atoms with Crippen LogP contribution in [0.1, 0.15) is 153 Å². The van der Waals surface area contributed by atoms with Gasteiger partial charge in [-0.25, -0.2) is 14.4 Å². The summed E-state index contributed by atoms with van der Waals surface area (Å²) in [4.78, 5) is 40.9. The Morgan fingerprint density at radius 2 is 0.622 bits per heavy atom. The summed E-state index contributed by atoms with van der Waals surface area (Å²) in [6.07, 6.45) is 2.86. The van der Waals surface area contributed by atoms with E-state index in [1.54, 1.807) is 0 Å². The van der Waals surface area contributed by atoms with Crippen molar-refractivity contribution in [3.05, 3.63) is 34.9 Å². The molecule has 0 bridgehead atoms. The molecule has 3 heterocycles. The lowest BCUT2D eigenvalue weighted by Gasteiger charge is -2.46. The molecular weight excluding hydrogens is 570 g/mol. The molecule has 0 amide bonds. The number of hydrogen-bond donors (Lipinski definition) is 3. The number of rotatable bonds is 6. The Morgan fingerprint density at radius 3 is 0.800 bits per heavy atom.